The SMILES string of the molecule is O=C(c1ccccc1[N+](=O)[O-])[C@@H](Br)[C@H](Br)c1ccc(Cl)c(Cl)c1. The third-order valence-electron chi connectivity index (χ3n) is 3.14. The van der Waals surface area contributed by atoms with Crippen molar-refractivity contribution in [3.05, 3.63) is 73.8 Å². The van der Waals surface area contributed by atoms with Gasteiger partial charge in [-0.1, -0.05) is 73.3 Å². The molecule has 2 rings (SSSR count). The maximum atomic E-state index is 12.6. The molecule has 2 aromatic rings. The second kappa shape index (κ2) is 7.75. The van der Waals surface area contributed by atoms with Gasteiger partial charge in [0.15, 0.2) is 5.78 Å². The lowest BCUT2D eigenvalue weighted by atomic mass is 10.0. The number of benzene rings is 2. The van der Waals surface area contributed by atoms with Gasteiger partial charge in [-0.3, -0.25) is 14.9 Å². The lowest BCUT2D eigenvalue weighted by Gasteiger charge is -2.17. The summed E-state index contributed by atoms with van der Waals surface area (Å²) < 4.78 is 0. The molecule has 0 fully saturated rings. The second-order valence-electron chi connectivity index (χ2n) is 4.62. The lowest BCUT2D eigenvalue weighted by Crippen LogP contribution is -2.20. The molecule has 0 spiro atoms. The normalized spacial score (nSPS) is 13.4. The maximum absolute atomic E-state index is 12.6. The van der Waals surface area contributed by atoms with E-state index in [2.05, 4.69) is 31.9 Å². The Morgan fingerprint density at radius 1 is 1.09 bits per heavy atom. The highest BCUT2D eigenvalue weighted by Gasteiger charge is 2.30. The van der Waals surface area contributed by atoms with Crippen LogP contribution in [0.4, 0.5) is 5.69 Å². The van der Waals surface area contributed by atoms with Gasteiger partial charge in [0.2, 0.25) is 0 Å². The van der Waals surface area contributed by atoms with Gasteiger partial charge in [0.25, 0.3) is 5.69 Å². The summed E-state index contributed by atoms with van der Waals surface area (Å²) in [4.78, 5) is 22.0. The van der Waals surface area contributed by atoms with Crippen LogP contribution in [0.15, 0.2) is 42.5 Å². The predicted octanol–water partition coefficient (Wildman–Crippen LogP) is 5.98. The van der Waals surface area contributed by atoms with Crippen LogP contribution >= 0.6 is 55.1 Å². The molecule has 0 saturated carbocycles. The summed E-state index contributed by atoms with van der Waals surface area (Å²) in [6, 6.07) is 10.8. The van der Waals surface area contributed by atoms with Crippen molar-refractivity contribution >= 4 is 66.5 Å². The van der Waals surface area contributed by atoms with E-state index in [1.54, 1.807) is 24.3 Å². The van der Waals surface area contributed by atoms with Gasteiger partial charge in [-0.2, -0.15) is 0 Å². The zero-order valence-electron chi connectivity index (χ0n) is 11.4. The third kappa shape index (κ3) is 4.12. The van der Waals surface area contributed by atoms with Crippen LogP contribution in [0, 0.1) is 10.1 Å². The molecule has 2 atom stereocenters. The molecule has 23 heavy (non-hydrogen) atoms. The van der Waals surface area contributed by atoms with E-state index in [0.29, 0.717) is 10.0 Å². The Morgan fingerprint density at radius 2 is 1.74 bits per heavy atom. The number of para-hydroxylation sites is 1. The van der Waals surface area contributed by atoms with E-state index in [1.807, 2.05) is 0 Å². The Labute approximate surface area is 159 Å². The molecule has 120 valence electrons. The Bertz CT molecular complexity index is 770. The van der Waals surface area contributed by atoms with Crippen LogP contribution in [0.25, 0.3) is 0 Å². The molecule has 0 aliphatic rings. The number of nitro benzene ring substituents is 1. The van der Waals surface area contributed by atoms with E-state index in [1.165, 1.54) is 18.2 Å². The number of ketones is 1. The number of nitro groups is 1. The number of rotatable bonds is 5. The standard InChI is InChI=1S/C15H9Br2Cl2NO3/c16-13(8-5-6-10(18)11(19)7-8)14(17)15(21)9-3-1-2-4-12(9)20(22)23/h1-7,13-14H/t13-,14+/m1/s1. The van der Waals surface area contributed by atoms with Crippen LogP contribution in [-0.2, 0) is 0 Å². The summed E-state index contributed by atoms with van der Waals surface area (Å²) in [5.41, 5.74) is 0.549. The number of hydrogen-bond donors (Lipinski definition) is 0. The van der Waals surface area contributed by atoms with Crippen molar-refractivity contribution in [2.24, 2.45) is 0 Å². The van der Waals surface area contributed by atoms with E-state index in [4.69, 9.17) is 23.2 Å². The van der Waals surface area contributed by atoms with Crippen LogP contribution in [0.5, 0.6) is 0 Å². The molecule has 0 radical (unpaired) electrons. The Kier molecular flexibility index (Phi) is 6.19. The zero-order chi connectivity index (χ0) is 17.1. The zero-order valence-corrected chi connectivity index (χ0v) is 16.1. The van der Waals surface area contributed by atoms with Gasteiger partial charge in [-0.05, 0) is 23.8 Å². The number of Topliss-reactive ketones (excluding diaryl/α,β-unsaturated/α-hetero) is 1. The molecule has 0 bridgehead atoms. The van der Waals surface area contributed by atoms with E-state index >= 15 is 0 Å². The van der Waals surface area contributed by atoms with Gasteiger partial charge in [-0.15, -0.1) is 0 Å². The fraction of sp³-hybridized carbons (Fsp3) is 0.133. The van der Waals surface area contributed by atoms with Crippen molar-refractivity contribution in [1.82, 2.24) is 0 Å². The summed E-state index contributed by atoms with van der Waals surface area (Å²) in [7, 11) is 0. The summed E-state index contributed by atoms with van der Waals surface area (Å²) in [5.74, 6) is -0.398. The summed E-state index contributed by atoms with van der Waals surface area (Å²) in [5, 5.41) is 11.8. The van der Waals surface area contributed by atoms with Crippen LogP contribution in [0.3, 0.4) is 0 Å². The van der Waals surface area contributed by atoms with Crippen molar-refractivity contribution in [1.29, 1.82) is 0 Å². The van der Waals surface area contributed by atoms with Gasteiger partial charge in [0, 0.05) is 6.07 Å². The van der Waals surface area contributed by atoms with Crippen LogP contribution < -0.4 is 0 Å². The predicted molar refractivity (Wildman–Crippen MR) is 98.3 cm³/mol. The Morgan fingerprint density at radius 3 is 2.35 bits per heavy atom. The highest BCUT2D eigenvalue weighted by atomic mass is 79.9. The molecule has 0 heterocycles. The molecule has 0 aliphatic heterocycles. The number of alkyl halides is 2. The highest BCUT2D eigenvalue weighted by molar-refractivity contribution is 9.12. The molecular weight excluding hydrogens is 473 g/mol. The van der Waals surface area contributed by atoms with Crippen LogP contribution in [-0.4, -0.2) is 15.5 Å². The minimum Gasteiger partial charge on any atom is -0.293 e. The summed E-state index contributed by atoms with van der Waals surface area (Å²) in [6.45, 7) is 0. The molecule has 0 aliphatic carbocycles. The number of hydrogen-bond acceptors (Lipinski definition) is 3. The molecule has 0 saturated heterocycles. The molecule has 2 aromatic carbocycles. The van der Waals surface area contributed by atoms with Crippen molar-refractivity contribution in [3.8, 4) is 0 Å². The molecule has 0 amide bonds. The van der Waals surface area contributed by atoms with Crippen LogP contribution in [0.2, 0.25) is 10.0 Å². The summed E-state index contributed by atoms with van der Waals surface area (Å²) in [6.07, 6.45) is 0. The fourth-order valence-corrected chi connectivity index (χ4v) is 3.36. The van der Waals surface area contributed by atoms with Crippen molar-refractivity contribution in [3.63, 3.8) is 0 Å². The maximum Gasteiger partial charge on any atom is 0.280 e. The Hall–Kier alpha value is -0.950. The largest absolute Gasteiger partial charge is 0.293 e. The number of carbonyl (C=O) groups excluding carboxylic acids is 1. The second-order valence-corrected chi connectivity index (χ2v) is 7.40. The first-order valence-corrected chi connectivity index (χ1v) is 8.92. The van der Waals surface area contributed by atoms with Gasteiger partial charge in [0.05, 0.1) is 30.2 Å². The van der Waals surface area contributed by atoms with Gasteiger partial charge in [-0.25, -0.2) is 0 Å². The molecule has 8 heteroatoms. The molecule has 4 nitrogen and oxygen atoms in total. The van der Waals surface area contributed by atoms with Gasteiger partial charge in [0.1, 0.15) is 0 Å². The molecule has 0 unspecified atom stereocenters. The van der Waals surface area contributed by atoms with Crippen LogP contribution in [0.1, 0.15) is 20.7 Å². The first-order chi connectivity index (χ1) is 10.8. The van der Waals surface area contributed by atoms with E-state index < -0.39 is 20.4 Å². The van der Waals surface area contributed by atoms with E-state index in [-0.39, 0.29) is 11.3 Å². The smallest absolute Gasteiger partial charge is 0.280 e. The van der Waals surface area contributed by atoms with Gasteiger partial charge < -0.3 is 0 Å². The van der Waals surface area contributed by atoms with Gasteiger partial charge >= 0.3 is 0 Å². The van der Waals surface area contributed by atoms with Crippen molar-refractivity contribution < 1.29 is 9.72 Å². The summed E-state index contributed by atoms with van der Waals surface area (Å²) >= 11 is 18.6. The average molecular weight is 482 g/mol. The monoisotopic (exact) mass is 479 g/mol. The van der Waals surface area contributed by atoms with E-state index in [9.17, 15) is 14.9 Å². The molecule has 0 N–H and O–H groups in total. The quantitative estimate of drug-likeness (QED) is 0.228. The number of halogens is 4. The number of carbonyl (C=O) groups is 1. The number of nitrogens with zero attached hydrogens (tertiary/aromatic N) is 1. The van der Waals surface area contributed by atoms with E-state index in [0.717, 1.165) is 5.56 Å². The molecule has 0 aromatic heterocycles. The average Bonchev–Trinajstić information content (AvgIpc) is 2.55. The molecular formula is C15H9Br2Cl2NO3. The topological polar surface area (TPSA) is 60.2 Å². The minimum absolute atomic E-state index is 0.0453. The fourth-order valence-electron chi connectivity index (χ4n) is 1.98. The lowest BCUT2D eigenvalue weighted by molar-refractivity contribution is -0.385. The first kappa shape index (κ1) is 18.4. The Balaban J connectivity index is 2.32. The van der Waals surface area contributed by atoms with Crippen molar-refractivity contribution in [2.45, 2.75) is 9.65 Å². The highest BCUT2D eigenvalue weighted by Crippen LogP contribution is 2.37. The third-order valence-corrected chi connectivity index (χ3v) is 6.59. The first-order valence-electron chi connectivity index (χ1n) is 6.33. The minimum atomic E-state index is -0.708. The van der Waals surface area contributed by atoms with Crippen molar-refractivity contribution in [2.75, 3.05) is 0 Å².